The summed E-state index contributed by atoms with van der Waals surface area (Å²) < 4.78 is 5.68. The fraction of sp³-hybridized carbons (Fsp3) is 1.00. The van der Waals surface area contributed by atoms with Crippen molar-refractivity contribution in [2.75, 3.05) is 33.4 Å². The molecule has 1 saturated carbocycles. The molecule has 102 valence electrons. The van der Waals surface area contributed by atoms with E-state index in [4.69, 9.17) is 10.5 Å². The lowest BCUT2D eigenvalue weighted by Gasteiger charge is -2.31. The van der Waals surface area contributed by atoms with Crippen molar-refractivity contribution in [3.63, 3.8) is 0 Å². The van der Waals surface area contributed by atoms with Crippen LogP contribution in [0.1, 0.15) is 39.5 Å². The fourth-order valence-corrected chi connectivity index (χ4v) is 2.40. The second-order valence-corrected chi connectivity index (χ2v) is 5.57. The van der Waals surface area contributed by atoms with Gasteiger partial charge in [-0.2, -0.15) is 0 Å². The van der Waals surface area contributed by atoms with Crippen LogP contribution < -0.4 is 5.73 Å². The van der Waals surface area contributed by atoms with Gasteiger partial charge in [0.25, 0.3) is 0 Å². The molecule has 0 aliphatic heterocycles. The van der Waals surface area contributed by atoms with Gasteiger partial charge in [0, 0.05) is 25.7 Å². The average Bonchev–Trinajstić information content (AvgIpc) is 3.09. The van der Waals surface area contributed by atoms with Crippen molar-refractivity contribution < 1.29 is 4.74 Å². The molecule has 0 bridgehead atoms. The highest BCUT2D eigenvalue weighted by molar-refractivity contribution is 4.76. The Morgan fingerprint density at radius 1 is 1.41 bits per heavy atom. The molecule has 0 saturated heterocycles. The van der Waals surface area contributed by atoms with E-state index in [9.17, 15) is 0 Å². The van der Waals surface area contributed by atoms with Crippen LogP contribution in [0.3, 0.4) is 0 Å². The van der Waals surface area contributed by atoms with Crippen LogP contribution in [0.2, 0.25) is 0 Å². The molecule has 0 aromatic carbocycles. The summed E-state index contributed by atoms with van der Waals surface area (Å²) in [5.41, 5.74) is 5.88. The molecule has 2 atom stereocenters. The molecule has 3 heteroatoms. The lowest BCUT2D eigenvalue weighted by atomic mass is 9.96. The maximum Gasteiger partial charge on any atom is 0.0593 e. The predicted octanol–water partition coefficient (Wildman–Crippen LogP) is 2.11. The first-order valence-corrected chi connectivity index (χ1v) is 7.17. The van der Waals surface area contributed by atoms with Crippen molar-refractivity contribution >= 4 is 0 Å². The summed E-state index contributed by atoms with van der Waals surface area (Å²) in [5.74, 6) is 1.54. The van der Waals surface area contributed by atoms with E-state index in [1.54, 1.807) is 0 Å². The van der Waals surface area contributed by atoms with Crippen molar-refractivity contribution in [2.24, 2.45) is 17.6 Å². The van der Waals surface area contributed by atoms with Gasteiger partial charge in [-0.3, -0.25) is 4.90 Å². The molecule has 0 radical (unpaired) electrons. The van der Waals surface area contributed by atoms with Crippen LogP contribution in [0.15, 0.2) is 0 Å². The highest BCUT2D eigenvalue weighted by Crippen LogP contribution is 2.28. The summed E-state index contributed by atoms with van der Waals surface area (Å²) in [6.45, 7) is 8.11. The third kappa shape index (κ3) is 5.84. The van der Waals surface area contributed by atoms with E-state index >= 15 is 0 Å². The third-order valence-corrected chi connectivity index (χ3v) is 3.85. The largest absolute Gasteiger partial charge is 0.380 e. The number of nitrogens with two attached hydrogens (primary N) is 1. The Labute approximate surface area is 107 Å². The summed E-state index contributed by atoms with van der Waals surface area (Å²) in [4.78, 5) is 2.37. The standard InChI is InChI=1S/C14H30N2O/c1-4-5-12(2)14(10-15)16(3)8-9-17-11-13-6-7-13/h12-14H,4-11,15H2,1-3H3. The molecule has 0 amide bonds. The van der Waals surface area contributed by atoms with Gasteiger partial charge in [0.15, 0.2) is 0 Å². The first-order chi connectivity index (χ1) is 8.19. The lowest BCUT2D eigenvalue weighted by molar-refractivity contribution is 0.0815. The van der Waals surface area contributed by atoms with Gasteiger partial charge >= 0.3 is 0 Å². The molecular weight excluding hydrogens is 212 g/mol. The van der Waals surface area contributed by atoms with Crippen molar-refractivity contribution in [1.29, 1.82) is 0 Å². The number of rotatable bonds is 10. The van der Waals surface area contributed by atoms with E-state index in [2.05, 4.69) is 25.8 Å². The monoisotopic (exact) mass is 242 g/mol. The summed E-state index contributed by atoms with van der Waals surface area (Å²) in [7, 11) is 2.17. The Morgan fingerprint density at radius 2 is 2.12 bits per heavy atom. The smallest absolute Gasteiger partial charge is 0.0593 e. The minimum atomic E-state index is 0.500. The van der Waals surface area contributed by atoms with Crippen molar-refractivity contribution in [1.82, 2.24) is 4.90 Å². The highest BCUT2D eigenvalue weighted by atomic mass is 16.5. The van der Waals surface area contributed by atoms with Gasteiger partial charge in [-0.05, 0) is 38.1 Å². The van der Waals surface area contributed by atoms with Gasteiger partial charge in [-0.15, -0.1) is 0 Å². The van der Waals surface area contributed by atoms with E-state index in [0.717, 1.165) is 32.2 Å². The zero-order valence-electron chi connectivity index (χ0n) is 11.8. The SMILES string of the molecule is CCCC(C)C(CN)N(C)CCOCC1CC1. The second kappa shape index (κ2) is 8.06. The Bertz CT molecular complexity index is 195. The van der Waals surface area contributed by atoms with Crippen LogP contribution in [0.5, 0.6) is 0 Å². The first-order valence-electron chi connectivity index (χ1n) is 7.17. The molecule has 0 aromatic heterocycles. The number of hydrogen-bond donors (Lipinski definition) is 1. The van der Waals surface area contributed by atoms with Crippen LogP contribution in [0.4, 0.5) is 0 Å². The van der Waals surface area contributed by atoms with Gasteiger partial charge < -0.3 is 10.5 Å². The second-order valence-electron chi connectivity index (χ2n) is 5.57. The molecule has 1 fully saturated rings. The zero-order chi connectivity index (χ0) is 12.7. The Balaban J connectivity index is 2.14. The van der Waals surface area contributed by atoms with Crippen LogP contribution >= 0.6 is 0 Å². The van der Waals surface area contributed by atoms with Gasteiger partial charge in [0.05, 0.1) is 6.61 Å². The van der Waals surface area contributed by atoms with Gasteiger partial charge in [0.2, 0.25) is 0 Å². The molecule has 1 aliphatic carbocycles. The highest BCUT2D eigenvalue weighted by Gasteiger charge is 2.22. The molecule has 0 spiro atoms. The maximum atomic E-state index is 5.88. The van der Waals surface area contributed by atoms with Crippen LogP contribution in [0, 0.1) is 11.8 Å². The summed E-state index contributed by atoms with van der Waals surface area (Å²) in [6, 6.07) is 0.500. The lowest BCUT2D eigenvalue weighted by Crippen LogP contribution is -2.44. The first kappa shape index (κ1) is 14.9. The Kier molecular flexibility index (Phi) is 7.09. The molecule has 0 aromatic rings. The minimum absolute atomic E-state index is 0.500. The van der Waals surface area contributed by atoms with Gasteiger partial charge in [-0.1, -0.05) is 20.3 Å². The normalized spacial score (nSPS) is 19.6. The molecule has 17 heavy (non-hydrogen) atoms. The van der Waals surface area contributed by atoms with E-state index in [0.29, 0.717) is 12.0 Å². The molecule has 3 nitrogen and oxygen atoms in total. The van der Waals surface area contributed by atoms with Crippen molar-refractivity contribution in [3.05, 3.63) is 0 Å². The maximum absolute atomic E-state index is 5.88. The molecule has 1 aliphatic rings. The van der Waals surface area contributed by atoms with Gasteiger partial charge in [0.1, 0.15) is 0 Å². The van der Waals surface area contributed by atoms with Crippen molar-refractivity contribution in [3.8, 4) is 0 Å². The Morgan fingerprint density at radius 3 is 2.65 bits per heavy atom. The number of hydrogen-bond acceptors (Lipinski definition) is 3. The van der Waals surface area contributed by atoms with Crippen LogP contribution in [-0.2, 0) is 4.74 Å². The average molecular weight is 242 g/mol. The predicted molar refractivity (Wildman–Crippen MR) is 73.1 cm³/mol. The van der Waals surface area contributed by atoms with E-state index in [-0.39, 0.29) is 0 Å². The molecule has 1 rings (SSSR count). The summed E-state index contributed by atoms with van der Waals surface area (Å²) in [5, 5.41) is 0. The minimum Gasteiger partial charge on any atom is -0.380 e. The quantitative estimate of drug-likeness (QED) is 0.596. The number of ether oxygens (including phenoxy) is 1. The van der Waals surface area contributed by atoms with E-state index < -0.39 is 0 Å². The number of nitrogens with zero attached hydrogens (tertiary/aromatic N) is 1. The van der Waals surface area contributed by atoms with Gasteiger partial charge in [-0.25, -0.2) is 0 Å². The molecule has 2 unspecified atom stereocenters. The van der Waals surface area contributed by atoms with E-state index in [1.165, 1.54) is 25.7 Å². The Hall–Kier alpha value is -0.120. The molecule has 2 N–H and O–H groups in total. The number of likely N-dealkylation sites (N-methyl/N-ethyl adjacent to an activating group) is 1. The molecular formula is C14H30N2O. The summed E-state index contributed by atoms with van der Waals surface area (Å²) >= 11 is 0. The zero-order valence-corrected chi connectivity index (χ0v) is 11.8. The topological polar surface area (TPSA) is 38.5 Å². The van der Waals surface area contributed by atoms with Crippen LogP contribution in [0.25, 0.3) is 0 Å². The fourth-order valence-electron chi connectivity index (χ4n) is 2.40. The van der Waals surface area contributed by atoms with Crippen LogP contribution in [-0.4, -0.2) is 44.3 Å². The van der Waals surface area contributed by atoms with E-state index in [1.807, 2.05) is 0 Å². The van der Waals surface area contributed by atoms with Crippen molar-refractivity contribution in [2.45, 2.75) is 45.6 Å². The molecule has 0 heterocycles. The summed E-state index contributed by atoms with van der Waals surface area (Å²) in [6.07, 6.45) is 5.24. The third-order valence-electron chi connectivity index (χ3n) is 3.85.